The number of thioether (sulfide) groups is 1. The quantitative estimate of drug-likeness (QED) is 0.276. The number of hydrogen-bond donors (Lipinski definition) is 2. The molecule has 0 heterocycles. The second-order valence-electron chi connectivity index (χ2n) is 3.52. The van der Waals surface area contributed by atoms with Gasteiger partial charge in [-0.3, -0.25) is 0 Å². The molecule has 0 radical (unpaired) electrons. The van der Waals surface area contributed by atoms with Gasteiger partial charge in [0.15, 0.2) is 0 Å². The summed E-state index contributed by atoms with van der Waals surface area (Å²) >= 11 is 1.13. The number of hydrogen-bond acceptors (Lipinski definition) is 5. The third-order valence-corrected chi connectivity index (χ3v) is 3.09. The van der Waals surface area contributed by atoms with E-state index in [2.05, 4.69) is 0 Å². The summed E-state index contributed by atoms with van der Waals surface area (Å²) in [6.45, 7) is 1.88. The Kier molecular flexibility index (Phi) is 6.39. The molecule has 0 aliphatic rings. The van der Waals surface area contributed by atoms with Crippen molar-refractivity contribution < 1.29 is 24.5 Å². The lowest BCUT2D eigenvalue weighted by Gasteiger charge is -2.05. The highest BCUT2D eigenvalue weighted by molar-refractivity contribution is 8.04. The van der Waals surface area contributed by atoms with E-state index < -0.39 is 17.7 Å². The maximum atomic E-state index is 11.8. The summed E-state index contributed by atoms with van der Waals surface area (Å²) in [5.74, 6) is -2.88. The topological polar surface area (TPSA) is 83.8 Å². The SMILES string of the molecule is CCOC(=O)/C(=C\C=C(/O)C(=O)O)Sc1ccccc1. The number of aliphatic hydroxyl groups is 1. The predicted molar refractivity (Wildman–Crippen MR) is 75.4 cm³/mol. The average molecular weight is 294 g/mol. The maximum Gasteiger partial charge on any atom is 0.370 e. The zero-order chi connectivity index (χ0) is 15.0. The normalized spacial score (nSPS) is 12.1. The number of aliphatic carboxylic acids is 1. The minimum atomic E-state index is -1.46. The third kappa shape index (κ3) is 5.19. The van der Waals surface area contributed by atoms with Gasteiger partial charge in [-0.25, -0.2) is 9.59 Å². The van der Waals surface area contributed by atoms with Crippen LogP contribution in [0.15, 0.2) is 58.0 Å². The molecule has 20 heavy (non-hydrogen) atoms. The number of esters is 1. The number of carboxylic acid groups (broad SMARTS) is 1. The Balaban J connectivity index is 2.97. The van der Waals surface area contributed by atoms with Crippen molar-refractivity contribution in [1.29, 1.82) is 0 Å². The van der Waals surface area contributed by atoms with Crippen molar-refractivity contribution in [2.24, 2.45) is 0 Å². The number of rotatable bonds is 6. The van der Waals surface area contributed by atoms with Crippen LogP contribution < -0.4 is 0 Å². The fourth-order valence-electron chi connectivity index (χ4n) is 1.19. The lowest BCUT2D eigenvalue weighted by atomic mass is 10.4. The molecule has 0 saturated carbocycles. The minimum absolute atomic E-state index is 0.186. The number of ether oxygens (including phenoxy) is 1. The second kappa shape index (κ2) is 8.06. The van der Waals surface area contributed by atoms with Gasteiger partial charge in [0.2, 0.25) is 5.76 Å². The fourth-order valence-corrected chi connectivity index (χ4v) is 2.01. The van der Waals surface area contributed by atoms with E-state index in [1.165, 1.54) is 6.08 Å². The molecule has 5 nitrogen and oxygen atoms in total. The Morgan fingerprint density at radius 1 is 1.20 bits per heavy atom. The van der Waals surface area contributed by atoms with E-state index >= 15 is 0 Å². The molecule has 0 spiro atoms. The zero-order valence-electron chi connectivity index (χ0n) is 10.8. The van der Waals surface area contributed by atoms with Crippen molar-refractivity contribution in [3.63, 3.8) is 0 Å². The van der Waals surface area contributed by atoms with E-state index in [-0.39, 0.29) is 11.5 Å². The second-order valence-corrected chi connectivity index (χ2v) is 4.64. The van der Waals surface area contributed by atoms with E-state index in [4.69, 9.17) is 14.9 Å². The molecule has 0 atom stereocenters. The van der Waals surface area contributed by atoms with Crippen LogP contribution in [0, 0.1) is 0 Å². The van der Waals surface area contributed by atoms with Crippen molar-refractivity contribution >= 4 is 23.7 Å². The van der Waals surface area contributed by atoms with Gasteiger partial charge in [-0.05, 0) is 31.2 Å². The maximum absolute atomic E-state index is 11.8. The van der Waals surface area contributed by atoms with Crippen LogP contribution >= 0.6 is 11.8 Å². The van der Waals surface area contributed by atoms with Crippen molar-refractivity contribution in [1.82, 2.24) is 0 Å². The van der Waals surface area contributed by atoms with Gasteiger partial charge in [0.05, 0.1) is 11.5 Å². The molecule has 106 valence electrons. The molecule has 0 aliphatic heterocycles. The third-order valence-electron chi connectivity index (χ3n) is 2.06. The molecule has 1 aromatic rings. The largest absolute Gasteiger partial charge is 0.502 e. The molecule has 2 N–H and O–H groups in total. The van der Waals surface area contributed by atoms with Gasteiger partial charge in [-0.1, -0.05) is 30.0 Å². The Hall–Kier alpha value is -2.21. The molecule has 0 unspecified atom stereocenters. The molecule has 1 aromatic carbocycles. The van der Waals surface area contributed by atoms with Crippen LogP contribution in [0.3, 0.4) is 0 Å². The summed E-state index contributed by atoms with van der Waals surface area (Å²) in [6, 6.07) is 9.08. The van der Waals surface area contributed by atoms with Crippen molar-refractivity contribution in [3.8, 4) is 0 Å². The number of allylic oxidation sites excluding steroid dienone is 2. The lowest BCUT2D eigenvalue weighted by Crippen LogP contribution is -2.05. The molecule has 0 amide bonds. The highest BCUT2D eigenvalue weighted by Crippen LogP contribution is 2.27. The Morgan fingerprint density at radius 3 is 2.40 bits per heavy atom. The number of carbonyl (C=O) groups is 2. The fraction of sp³-hybridized carbons (Fsp3) is 0.143. The van der Waals surface area contributed by atoms with E-state index in [1.54, 1.807) is 19.1 Å². The molecular weight excluding hydrogens is 280 g/mol. The molecule has 0 saturated heterocycles. The van der Waals surface area contributed by atoms with E-state index in [1.807, 2.05) is 18.2 Å². The molecule has 6 heteroatoms. The van der Waals surface area contributed by atoms with E-state index in [9.17, 15) is 9.59 Å². The van der Waals surface area contributed by atoms with Gasteiger partial charge < -0.3 is 14.9 Å². The predicted octanol–water partition coefficient (Wildman–Crippen LogP) is 2.75. The summed E-state index contributed by atoms with van der Waals surface area (Å²) in [5.41, 5.74) is 0. The van der Waals surface area contributed by atoms with Gasteiger partial charge in [0.25, 0.3) is 0 Å². The Morgan fingerprint density at radius 2 is 1.85 bits per heavy atom. The Bertz CT molecular complexity index is 534. The van der Waals surface area contributed by atoms with Gasteiger partial charge in [0, 0.05) is 4.90 Å². The summed E-state index contributed by atoms with van der Waals surface area (Å²) in [5, 5.41) is 17.7. The number of carboxylic acids is 1. The van der Waals surface area contributed by atoms with Gasteiger partial charge in [-0.2, -0.15) is 0 Å². The van der Waals surface area contributed by atoms with Crippen LogP contribution in [0.25, 0.3) is 0 Å². The highest BCUT2D eigenvalue weighted by atomic mass is 32.2. The molecule has 1 rings (SSSR count). The van der Waals surface area contributed by atoms with Gasteiger partial charge >= 0.3 is 11.9 Å². The van der Waals surface area contributed by atoms with Crippen molar-refractivity contribution in [2.75, 3.05) is 6.61 Å². The van der Waals surface area contributed by atoms with Crippen molar-refractivity contribution in [2.45, 2.75) is 11.8 Å². The molecule has 0 fully saturated rings. The Labute approximate surface area is 120 Å². The summed E-state index contributed by atoms with van der Waals surface area (Å²) in [6.07, 6.45) is 2.17. The smallest absolute Gasteiger partial charge is 0.370 e. The van der Waals surface area contributed by atoms with Crippen LogP contribution in [0.4, 0.5) is 0 Å². The monoisotopic (exact) mass is 294 g/mol. The average Bonchev–Trinajstić information content (AvgIpc) is 2.44. The highest BCUT2D eigenvalue weighted by Gasteiger charge is 2.12. The molecule has 0 aliphatic carbocycles. The van der Waals surface area contributed by atoms with Crippen LogP contribution in [0.5, 0.6) is 0 Å². The molecule has 0 aromatic heterocycles. The van der Waals surface area contributed by atoms with Crippen molar-refractivity contribution in [3.05, 3.63) is 53.1 Å². The summed E-state index contributed by atoms with van der Waals surface area (Å²) in [7, 11) is 0. The zero-order valence-corrected chi connectivity index (χ0v) is 11.6. The number of carbonyl (C=O) groups excluding carboxylic acids is 1. The number of benzene rings is 1. The molecule has 0 bridgehead atoms. The lowest BCUT2D eigenvalue weighted by molar-refractivity contribution is -0.138. The van der Waals surface area contributed by atoms with Crippen LogP contribution in [0.2, 0.25) is 0 Å². The summed E-state index contributed by atoms with van der Waals surface area (Å²) in [4.78, 5) is 23.2. The standard InChI is InChI=1S/C14H14O5S/c1-2-19-14(18)12(9-8-11(15)13(16)17)20-10-6-4-3-5-7-10/h3-9,15H,2H2,1H3,(H,16,17)/b11-8-,12-9+. The van der Waals surface area contributed by atoms with E-state index in [0.717, 1.165) is 22.7 Å². The van der Waals surface area contributed by atoms with Crippen LogP contribution in [-0.4, -0.2) is 28.8 Å². The first kappa shape index (κ1) is 15.8. The first-order valence-electron chi connectivity index (χ1n) is 5.78. The van der Waals surface area contributed by atoms with Crippen LogP contribution in [-0.2, 0) is 14.3 Å². The number of aliphatic hydroxyl groups excluding tert-OH is 1. The summed E-state index contributed by atoms with van der Waals surface area (Å²) < 4.78 is 4.88. The first-order valence-corrected chi connectivity index (χ1v) is 6.60. The van der Waals surface area contributed by atoms with E-state index in [0.29, 0.717) is 0 Å². The van der Waals surface area contributed by atoms with Crippen LogP contribution in [0.1, 0.15) is 6.92 Å². The van der Waals surface area contributed by atoms with Gasteiger partial charge in [0.1, 0.15) is 0 Å². The minimum Gasteiger partial charge on any atom is -0.502 e. The van der Waals surface area contributed by atoms with Gasteiger partial charge in [-0.15, -0.1) is 0 Å². The molecular formula is C14H14O5S. The first-order chi connectivity index (χ1) is 9.54.